The first-order valence-electron chi connectivity index (χ1n) is 6.09. The zero-order valence-electron chi connectivity index (χ0n) is 10.2. The van der Waals surface area contributed by atoms with Gasteiger partial charge in [0.25, 0.3) is 0 Å². The number of thiophene rings is 1. The Bertz CT molecular complexity index is 610. The molecule has 1 aliphatic heterocycles. The Morgan fingerprint density at radius 1 is 1.37 bits per heavy atom. The first kappa shape index (κ1) is 12.2. The number of halogens is 1. The van der Waals surface area contributed by atoms with E-state index in [0.717, 1.165) is 11.1 Å². The van der Waals surface area contributed by atoms with Crippen LogP contribution in [0, 0.1) is 5.82 Å². The van der Waals surface area contributed by atoms with E-state index in [2.05, 4.69) is 10.6 Å². The number of rotatable bonds is 3. The predicted molar refractivity (Wildman–Crippen MR) is 75.0 cm³/mol. The van der Waals surface area contributed by atoms with Gasteiger partial charge in [-0.1, -0.05) is 0 Å². The molecule has 2 N–H and O–H groups in total. The Balaban J connectivity index is 1.81. The third-order valence-electron chi connectivity index (χ3n) is 3.15. The summed E-state index contributed by atoms with van der Waals surface area (Å²) in [6.07, 6.45) is 1.02. The van der Waals surface area contributed by atoms with Crippen molar-refractivity contribution in [2.45, 2.75) is 19.4 Å². The van der Waals surface area contributed by atoms with Crippen LogP contribution in [-0.4, -0.2) is 5.91 Å². The molecule has 0 fully saturated rings. The lowest BCUT2D eigenvalue weighted by molar-refractivity contribution is -0.116. The first-order valence-corrected chi connectivity index (χ1v) is 7.04. The van der Waals surface area contributed by atoms with Gasteiger partial charge in [0.15, 0.2) is 0 Å². The number of hydrogen-bond donors (Lipinski definition) is 2. The van der Waals surface area contributed by atoms with E-state index in [1.807, 2.05) is 16.8 Å². The summed E-state index contributed by atoms with van der Waals surface area (Å²) in [7, 11) is 0. The summed E-state index contributed by atoms with van der Waals surface area (Å²) >= 11 is 1.61. The fourth-order valence-corrected chi connectivity index (χ4v) is 2.79. The molecule has 2 heterocycles. The summed E-state index contributed by atoms with van der Waals surface area (Å²) in [5, 5.41) is 9.84. The molecule has 2 aromatic rings. The quantitative estimate of drug-likeness (QED) is 0.902. The predicted octanol–water partition coefficient (Wildman–Crippen LogP) is 3.38. The maximum atomic E-state index is 13.9. The van der Waals surface area contributed by atoms with E-state index in [1.165, 1.54) is 6.07 Å². The molecule has 3 nitrogen and oxygen atoms in total. The Morgan fingerprint density at radius 3 is 3.05 bits per heavy atom. The summed E-state index contributed by atoms with van der Waals surface area (Å²) in [4.78, 5) is 11.3. The molecule has 0 aliphatic carbocycles. The SMILES string of the molecule is O=C1CCc2cc(F)c(NCc3ccsc3)cc2N1. The van der Waals surface area contributed by atoms with Crippen LogP contribution in [-0.2, 0) is 17.8 Å². The molecule has 0 saturated heterocycles. The molecular formula is C14H13FN2OS. The molecule has 0 saturated carbocycles. The Labute approximate surface area is 114 Å². The van der Waals surface area contributed by atoms with Crippen molar-refractivity contribution < 1.29 is 9.18 Å². The summed E-state index contributed by atoms with van der Waals surface area (Å²) in [5.74, 6) is -0.284. The van der Waals surface area contributed by atoms with Gasteiger partial charge in [-0.15, -0.1) is 0 Å². The number of nitrogens with one attached hydrogen (secondary N) is 2. The molecule has 1 amide bonds. The lowest BCUT2D eigenvalue weighted by Gasteiger charge is -2.18. The zero-order valence-corrected chi connectivity index (χ0v) is 11.0. The minimum absolute atomic E-state index is 0.0112. The summed E-state index contributed by atoms with van der Waals surface area (Å²) in [5.41, 5.74) is 3.11. The van der Waals surface area contributed by atoms with Crippen LogP contribution in [0.2, 0.25) is 0 Å². The zero-order chi connectivity index (χ0) is 13.2. The first-order chi connectivity index (χ1) is 9.22. The van der Waals surface area contributed by atoms with E-state index in [4.69, 9.17) is 0 Å². The molecule has 98 valence electrons. The molecule has 19 heavy (non-hydrogen) atoms. The van der Waals surface area contributed by atoms with Gasteiger partial charge in [0.2, 0.25) is 5.91 Å². The molecule has 0 spiro atoms. The van der Waals surface area contributed by atoms with Crippen LogP contribution in [0.1, 0.15) is 17.5 Å². The average Bonchev–Trinajstić information content (AvgIpc) is 2.90. The van der Waals surface area contributed by atoms with Crippen molar-refractivity contribution in [2.24, 2.45) is 0 Å². The molecule has 1 aromatic carbocycles. The van der Waals surface area contributed by atoms with Gasteiger partial charge >= 0.3 is 0 Å². The standard InChI is InChI=1S/C14H13FN2OS/c15-11-5-10-1-2-14(18)17-12(10)6-13(11)16-7-9-3-4-19-8-9/h3-6,8,16H,1-2,7H2,(H,17,18). The van der Waals surface area contributed by atoms with Gasteiger partial charge in [0.05, 0.1) is 5.69 Å². The average molecular weight is 276 g/mol. The molecule has 0 radical (unpaired) electrons. The second kappa shape index (κ2) is 5.01. The lowest BCUT2D eigenvalue weighted by atomic mass is 10.0. The van der Waals surface area contributed by atoms with Crippen molar-refractivity contribution in [3.63, 3.8) is 0 Å². The number of benzene rings is 1. The number of fused-ring (bicyclic) bond motifs is 1. The normalized spacial score (nSPS) is 13.8. The highest BCUT2D eigenvalue weighted by Crippen LogP contribution is 2.28. The number of amides is 1. The van der Waals surface area contributed by atoms with Gasteiger partial charge in [-0.05, 0) is 46.5 Å². The van der Waals surface area contributed by atoms with Gasteiger partial charge in [-0.25, -0.2) is 4.39 Å². The minimum Gasteiger partial charge on any atom is -0.379 e. The second-order valence-corrected chi connectivity index (χ2v) is 5.30. The van der Waals surface area contributed by atoms with Crippen LogP contribution in [0.3, 0.4) is 0 Å². The van der Waals surface area contributed by atoms with Crippen LogP contribution in [0.4, 0.5) is 15.8 Å². The summed E-state index contributed by atoms with van der Waals surface area (Å²) < 4.78 is 13.9. The van der Waals surface area contributed by atoms with Crippen molar-refractivity contribution in [2.75, 3.05) is 10.6 Å². The topological polar surface area (TPSA) is 41.1 Å². The van der Waals surface area contributed by atoms with Gasteiger partial charge < -0.3 is 10.6 Å². The van der Waals surface area contributed by atoms with Crippen molar-refractivity contribution in [3.8, 4) is 0 Å². The molecular weight excluding hydrogens is 263 g/mol. The molecule has 1 aliphatic rings. The molecule has 3 rings (SSSR count). The van der Waals surface area contributed by atoms with E-state index in [1.54, 1.807) is 17.4 Å². The van der Waals surface area contributed by atoms with Crippen LogP contribution >= 0.6 is 11.3 Å². The molecule has 5 heteroatoms. The van der Waals surface area contributed by atoms with E-state index in [0.29, 0.717) is 30.8 Å². The maximum absolute atomic E-state index is 13.9. The molecule has 0 bridgehead atoms. The maximum Gasteiger partial charge on any atom is 0.224 e. The van der Waals surface area contributed by atoms with Gasteiger partial charge in [-0.3, -0.25) is 4.79 Å². The minimum atomic E-state index is -0.273. The van der Waals surface area contributed by atoms with E-state index >= 15 is 0 Å². The highest BCUT2D eigenvalue weighted by molar-refractivity contribution is 7.07. The summed E-state index contributed by atoms with van der Waals surface area (Å²) in [6, 6.07) is 5.18. The fourth-order valence-electron chi connectivity index (χ4n) is 2.12. The van der Waals surface area contributed by atoms with Crippen molar-refractivity contribution in [1.82, 2.24) is 0 Å². The van der Waals surface area contributed by atoms with Crippen LogP contribution in [0.5, 0.6) is 0 Å². The molecule has 0 atom stereocenters. The van der Waals surface area contributed by atoms with Crippen LogP contribution < -0.4 is 10.6 Å². The monoisotopic (exact) mass is 276 g/mol. The third-order valence-corrected chi connectivity index (χ3v) is 3.88. The largest absolute Gasteiger partial charge is 0.379 e. The number of anilines is 2. The lowest BCUT2D eigenvalue weighted by Crippen LogP contribution is -2.19. The Kier molecular flexibility index (Phi) is 3.21. The summed E-state index contributed by atoms with van der Waals surface area (Å²) in [6.45, 7) is 0.577. The Morgan fingerprint density at radius 2 is 2.26 bits per heavy atom. The fraction of sp³-hybridized carbons (Fsp3) is 0.214. The number of hydrogen-bond acceptors (Lipinski definition) is 3. The number of aryl methyl sites for hydroxylation is 1. The van der Waals surface area contributed by atoms with Gasteiger partial charge in [0.1, 0.15) is 5.82 Å². The second-order valence-electron chi connectivity index (χ2n) is 4.52. The van der Waals surface area contributed by atoms with Crippen molar-refractivity contribution in [1.29, 1.82) is 0 Å². The Hall–Kier alpha value is -1.88. The van der Waals surface area contributed by atoms with Crippen LogP contribution in [0.15, 0.2) is 29.0 Å². The molecule has 1 aromatic heterocycles. The molecule has 0 unspecified atom stereocenters. The van der Waals surface area contributed by atoms with E-state index in [-0.39, 0.29) is 11.7 Å². The van der Waals surface area contributed by atoms with E-state index in [9.17, 15) is 9.18 Å². The van der Waals surface area contributed by atoms with Gasteiger partial charge in [-0.2, -0.15) is 11.3 Å². The number of carbonyl (C=O) groups is 1. The highest BCUT2D eigenvalue weighted by atomic mass is 32.1. The smallest absolute Gasteiger partial charge is 0.224 e. The van der Waals surface area contributed by atoms with E-state index < -0.39 is 0 Å². The van der Waals surface area contributed by atoms with Crippen molar-refractivity contribution in [3.05, 3.63) is 45.9 Å². The van der Waals surface area contributed by atoms with Crippen LogP contribution in [0.25, 0.3) is 0 Å². The van der Waals surface area contributed by atoms with Gasteiger partial charge in [0, 0.05) is 18.7 Å². The number of carbonyl (C=O) groups excluding carboxylic acids is 1. The van der Waals surface area contributed by atoms with Crippen molar-refractivity contribution >= 4 is 28.6 Å². The third kappa shape index (κ3) is 2.61. The highest BCUT2D eigenvalue weighted by Gasteiger charge is 2.17.